The van der Waals surface area contributed by atoms with Crippen LogP contribution in [0.2, 0.25) is 0 Å². The molecular formula is C31H32N2O6. The van der Waals surface area contributed by atoms with Gasteiger partial charge in [-0.3, -0.25) is 0 Å². The van der Waals surface area contributed by atoms with Crippen molar-refractivity contribution in [1.82, 2.24) is 9.78 Å². The smallest absolute Gasteiger partial charge is 0.203 e. The summed E-state index contributed by atoms with van der Waals surface area (Å²) in [6, 6.07) is 19.5. The Morgan fingerprint density at radius 1 is 0.538 bits per heavy atom. The number of hydrogen-bond donors (Lipinski definition) is 0. The third-order valence-corrected chi connectivity index (χ3v) is 6.02. The Hall–Kier alpha value is -4.85. The number of benzene rings is 3. The maximum atomic E-state index is 5.50. The van der Waals surface area contributed by atoms with Gasteiger partial charge >= 0.3 is 0 Å². The highest BCUT2D eigenvalue weighted by Gasteiger charge is 2.14. The third-order valence-electron chi connectivity index (χ3n) is 6.02. The first-order chi connectivity index (χ1) is 19.0. The van der Waals surface area contributed by atoms with E-state index in [1.165, 1.54) is 0 Å². The van der Waals surface area contributed by atoms with Crippen LogP contribution in [0.1, 0.15) is 22.5 Å². The Morgan fingerprint density at radius 2 is 1.00 bits per heavy atom. The van der Waals surface area contributed by atoms with Gasteiger partial charge in [-0.15, -0.1) is 0 Å². The number of hydrogen-bond acceptors (Lipinski definition) is 7. The summed E-state index contributed by atoms with van der Waals surface area (Å²) >= 11 is 0. The molecule has 0 aliphatic carbocycles. The fraction of sp³-hybridized carbons (Fsp3) is 0.194. The molecule has 3 aromatic carbocycles. The first-order valence-electron chi connectivity index (χ1n) is 12.2. The SMILES string of the molecule is COc1cc(/C=C/c2cc(/C=C/c3cc(OC)c(OC)c(OC)c3)n(-c3ccccc3)n2)cc(OC)c1OC. The zero-order valence-electron chi connectivity index (χ0n) is 22.9. The summed E-state index contributed by atoms with van der Waals surface area (Å²) in [4.78, 5) is 0. The molecule has 0 spiro atoms. The molecule has 0 unspecified atom stereocenters. The number of rotatable bonds is 11. The van der Waals surface area contributed by atoms with Crippen LogP contribution in [0.3, 0.4) is 0 Å². The average molecular weight is 529 g/mol. The highest BCUT2D eigenvalue weighted by Crippen LogP contribution is 2.39. The molecule has 1 aromatic heterocycles. The van der Waals surface area contributed by atoms with Gasteiger partial charge in [0.2, 0.25) is 11.5 Å². The summed E-state index contributed by atoms with van der Waals surface area (Å²) in [6.45, 7) is 0. The summed E-state index contributed by atoms with van der Waals surface area (Å²) in [5.41, 5.74) is 4.37. The second kappa shape index (κ2) is 12.6. The molecule has 8 heteroatoms. The monoisotopic (exact) mass is 528 g/mol. The minimum Gasteiger partial charge on any atom is -0.493 e. The van der Waals surface area contributed by atoms with E-state index in [1.807, 2.05) is 89.6 Å². The Kier molecular flexibility index (Phi) is 8.78. The highest BCUT2D eigenvalue weighted by atomic mass is 16.5. The van der Waals surface area contributed by atoms with Crippen molar-refractivity contribution in [3.05, 3.63) is 83.2 Å². The zero-order chi connectivity index (χ0) is 27.8. The molecule has 202 valence electrons. The van der Waals surface area contributed by atoms with Gasteiger partial charge in [0.1, 0.15) is 0 Å². The van der Waals surface area contributed by atoms with Gasteiger partial charge in [0.05, 0.1) is 59.7 Å². The Bertz CT molecular complexity index is 1420. The van der Waals surface area contributed by atoms with E-state index in [0.717, 1.165) is 28.2 Å². The Balaban J connectivity index is 1.72. The predicted octanol–water partition coefficient (Wildman–Crippen LogP) is 6.26. The molecule has 4 rings (SSSR count). The maximum absolute atomic E-state index is 5.50. The largest absolute Gasteiger partial charge is 0.493 e. The lowest BCUT2D eigenvalue weighted by Crippen LogP contribution is -1.98. The number of aromatic nitrogens is 2. The molecule has 0 atom stereocenters. The van der Waals surface area contributed by atoms with E-state index in [4.69, 9.17) is 33.5 Å². The topological polar surface area (TPSA) is 73.2 Å². The highest BCUT2D eigenvalue weighted by molar-refractivity contribution is 5.75. The lowest BCUT2D eigenvalue weighted by molar-refractivity contribution is 0.324. The van der Waals surface area contributed by atoms with Crippen molar-refractivity contribution >= 4 is 24.3 Å². The molecule has 0 radical (unpaired) electrons. The van der Waals surface area contributed by atoms with E-state index in [0.29, 0.717) is 34.5 Å². The summed E-state index contributed by atoms with van der Waals surface area (Å²) in [6.07, 6.45) is 7.87. The second-order valence-electron chi connectivity index (χ2n) is 8.33. The molecule has 0 bridgehead atoms. The summed E-state index contributed by atoms with van der Waals surface area (Å²) in [5, 5.41) is 4.84. The van der Waals surface area contributed by atoms with Crippen LogP contribution in [0.25, 0.3) is 30.0 Å². The van der Waals surface area contributed by atoms with E-state index < -0.39 is 0 Å². The molecule has 0 N–H and O–H groups in total. The lowest BCUT2D eigenvalue weighted by Gasteiger charge is -2.12. The molecule has 1 heterocycles. The van der Waals surface area contributed by atoms with Crippen molar-refractivity contribution in [2.45, 2.75) is 0 Å². The molecular weight excluding hydrogens is 496 g/mol. The third kappa shape index (κ3) is 6.01. The van der Waals surface area contributed by atoms with Crippen molar-refractivity contribution in [2.75, 3.05) is 42.7 Å². The second-order valence-corrected chi connectivity index (χ2v) is 8.33. The van der Waals surface area contributed by atoms with Crippen LogP contribution in [0.4, 0.5) is 0 Å². The van der Waals surface area contributed by atoms with Crippen molar-refractivity contribution in [2.24, 2.45) is 0 Å². The molecule has 0 fully saturated rings. The van der Waals surface area contributed by atoms with Crippen molar-refractivity contribution in [3.63, 3.8) is 0 Å². The van der Waals surface area contributed by atoms with Gasteiger partial charge < -0.3 is 28.4 Å². The zero-order valence-corrected chi connectivity index (χ0v) is 22.9. The number of para-hydroxylation sites is 1. The van der Waals surface area contributed by atoms with Gasteiger partial charge in [-0.1, -0.05) is 30.4 Å². The Labute approximate surface area is 228 Å². The van der Waals surface area contributed by atoms with Gasteiger partial charge in [0, 0.05) is 0 Å². The molecule has 0 aliphatic rings. The van der Waals surface area contributed by atoms with Crippen LogP contribution < -0.4 is 28.4 Å². The van der Waals surface area contributed by atoms with Crippen molar-refractivity contribution < 1.29 is 28.4 Å². The summed E-state index contributed by atoms with van der Waals surface area (Å²) < 4.78 is 34.7. The predicted molar refractivity (Wildman–Crippen MR) is 154 cm³/mol. The van der Waals surface area contributed by atoms with Crippen LogP contribution in [0, 0.1) is 0 Å². The first-order valence-corrected chi connectivity index (χ1v) is 12.2. The van der Waals surface area contributed by atoms with Gasteiger partial charge in [0.25, 0.3) is 0 Å². The number of nitrogens with zero attached hydrogens (tertiary/aromatic N) is 2. The van der Waals surface area contributed by atoms with E-state index in [1.54, 1.807) is 42.7 Å². The lowest BCUT2D eigenvalue weighted by atomic mass is 10.1. The van der Waals surface area contributed by atoms with Crippen molar-refractivity contribution in [1.29, 1.82) is 0 Å². The first kappa shape index (κ1) is 27.2. The molecule has 0 aliphatic heterocycles. The number of ether oxygens (including phenoxy) is 6. The fourth-order valence-electron chi connectivity index (χ4n) is 4.15. The van der Waals surface area contributed by atoms with Gasteiger partial charge in [0.15, 0.2) is 23.0 Å². The van der Waals surface area contributed by atoms with Crippen LogP contribution in [0.5, 0.6) is 34.5 Å². The fourth-order valence-corrected chi connectivity index (χ4v) is 4.15. The van der Waals surface area contributed by atoms with Gasteiger partial charge in [-0.05, 0) is 65.7 Å². The van der Waals surface area contributed by atoms with E-state index in [-0.39, 0.29) is 0 Å². The maximum Gasteiger partial charge on any atom is 0.203 e. The molecule has 0 amide bonds. The normalized spacial score (nSPS) is 11.1. The van der Waals surface area contributed by atoms with E-state index in [9.17, 15) is 0 Å². The van der Waals surface area contributed by atoms with Crippen LogP contribution >= 0.6 is 0 Å². The Morgan fingerprint density at radius 3 is 1.44 bits per heavy atom. The van der Waals surface area contributed by atoms with Crippen LogP contribution in [-0.4, -0.2) is 52.4 Å². The standard InChI is InChI=1S/C31H32N2O6/c1-34-26-16-21(17-27(35-2)30(26)38-5)12-14-23-20-25(33(32-23)24-10-8-7-9-11-24)15-13-22-18-28(36-3)31(39-6)29(19-22)37-4/h7-20H,1-6H3/b14-12+,15-13+. The van der Waals surface area contributed by atoms with Gasteiger partial charge in [-0.2, -0.15) is 5.10 Å². The van der Waals surface area contributed by atoms with E-state index in [2.05, 4.69) is 0 Å². The molecule has 0 saturated heterocycles. The van der Waals surface area contributed by atoms with Crippen LogP contribution in [-0.2, 0) is 0 Å². The molecule has 39 heavy (non-hydrogen) atoms. The van der Waals surface area contributed by atoms with Gasteiger partial charge in [-0.25, -0.2) is 4.68 Å². The van der Waals surface area contributed by atoms with Crippen LogP contribution in [0.15, 0.2) is 60.7 Å². The molecule has 8 nitrogen and oxygen atoms in total. The quantitative estimate of drug-likeness (QED) is 0.227. The summed E-state index contributed by atoms with van der Waals surface area (Å²) in [5.74, 6) is 3.43. The molecule has 0 saturated carbocycles. The summed E-state index contributed by atoms with van der Waals surface area (Å²) in [7, 11) is 9.56. The minimum absolute atomic E-state index is 0.546. The van der Waals surface area contributed by atoms with E-state index >= 15 is 0 Å². The van der Waals surface area contributed by atoms with Crippen molar-refractivity contribution in [3.8, 4) is 40.2 Å². The molecule has 4 aromatic rings. The number of methoxy groups -OCH3 is 6. The average Bonchev–Trinajstić information content (AvgIpc) is 3.41. The minimum atomic E-state index is 0.546.